The number of nitrogens with one attached hydrogen (secondary N) is 4. The Bertz CT molecular complexity index is 3070. The molecule has 2 fully saturated rings. The SMILES string of the molecule is CC(C)(C)OC(=O)N1CC[C@H](O)[C@H]1[C@H](CNC(=O)OCc1ccccc1)c1c[nH]c2cc(F)ccc12.CC(C)(C)OC(=O)N1CC[C@H](OS(C)(=O)=O)[C@H]1[C@H](CNC(=O)OCc1ccccc1)c1c[nH]c2cc(F)ccc12. The van der Waals surface area contributed by atoms with Crippen LogP contribution in [-0.2, 0) is 46.5 Å². The fourth-order valence-corrected chi connectivity index (χ4v) is 10.2. The molecule has 6 atom stereocenters. The first-order valence-corrected chi connectivity index (χ1v) is 26.7. The predicted octanol–water partition coefficient (Wildman–Crippen LogP) is 9.36. The Kier molecular flexibility index (Phi) is 18.0. The van der Waals surface area contributed by atoms with Gasteiger partial charge in [-0.15, -0.1) is 0 Å². The summed E-state index contributed by atoms with van der Waals surface area (Å²) in [5.74, 6) is -2.01. The number of ether oxygens (including phenoxy) is 4. The Balaban J connectivity index is 0.000000222. The molecule has 4 aromatic carbocycles. The minimum Gasteiger partial charge on any atom is -0.445 e. The molecule has 0 bridgehead atoms. The molecule has 5 N–H and O–H groups in total. The highest BCUT2D eigenvalue weighted by Gasteiger charge is 2.47. The van der Waals surface area contributed by atoms with Gasteiger partial charge in [0.15, 0.2) is 0 Å². The first-order valence-electron chi connectivity index (χ1n) is 24.9. The number of alkyl carbamates (subject to hydrolysis) is 2. The number of halogens is 2. The number of fused-ring (bicyclic) bond motifs is 2. The first-order chi connectivity index (χ1) is 35.9. The van der Waals surface area contributed by atoms with E-state index in [-0.39, 0.29) is 45.1 Å². The topological polar surface area (TPSA) is 231 Å². The third-order valence-electron chi connectivity index (χ3n) is 12.7. The van der Waals surface area contributed by atoms with Crippen molar-refractivity contribution in [3.8, 4) is 0 Å². The zero-order chi connectivity index (χ0) is 55.0. The fraction of sp³-hybridized carbons (Fsp3) is 0.418. The Hall–Kier alpha value is -7.23. The van der Waals surface area contributed by atoms with E-state index in [1.165, 1.54) is 34.1 Å². The number of likely N-dealkylation sites (tertiary alicyclic amines) is 2. The van der Waals surface area contributed by atoms with E-state index in [1.54, 1.807) is 66.1 Å². The maximum Gasteiger partial charge on any atom is 0.410 e. The Morgan fingerprint density at radius 2 is 1.08 bits per heavy atom. The third-order valence-corrected chi connectivity index (χ3v) is 13.3. The van der Waals surface area contributed by atoms with Crippen LogP contribution < -0.4 is 10.6 Å². The highest BCUT2D eigenvalue weighted by Crippen LogP contribution is 2.39. The van der Waals surface area contributed by atoms with E-state index in [1.807, 2.05) is 60.7 Å². The number of hydrogen-bond acceptors (Lipinski definition) is 12. The number of nitrogens with zero attached hydrogens (tertiary/aromatic N) is 2. The van der Waals surface area contributed by atoms with E-state index in [4.69, 9.17) is 23.1 Å². The van der Waals surface area contributed by atoms with Crippen molar-refractivity contribution in [3.05, 3.63) is 143 Å². The van der Waals surface area contributed by atoms with Gasteiger partial charge in [0.2, 0.25) is 0 Å². The van der Waals surface area contributed by atoms with Gasteiger partial charge in [-0.25, -0.2) is 28.0 Å². The number of rotatable bonds is 14. The molecule has 2 aromatic heterocycles. The largest absolute Gasteiger partial charge is 0.445 e. The zero-order valence-electron chi connectivity index (χ0n) is 43.5. The molecule has 0 unspecified atom stereocenters. The molecule has 0 aliphatic carbocycles. The van der Waals surface area contributed by atoms with Gasteiger partial charge in [-0.05, 0) is 113 Å². The Morgan fingerprint density at radius 1 is 0.658 bits per heavy atom. The highest BCUT2D eigenvalue weighted by atomic mass is 32.2. The summed E-state index contributed by atoms with van der Waals surface area (Å²) >= 11 is 0. The van der Waals surface area contributed by atoms with E-state index in [0.29, 0.717) is 34.9 Å². The standard InChI is InChI=1S/C28H34FN3O7S.C27H32FN3O5/c1-28(2,3)38-27(34)32-13-12-24(39-40(4,35)36)25(32)22(21-15-30-23-14-19(29)10-11-20(21)23)16-31-26(33)37-17-18-8-6-5-7-9-18;1-27(2,3)36-26(34)31-12-11-23(32)24(31)21(20-14-29-22-13-18(28)9-10-19(20)22)15-30-25(33)35-16-17-7-5-4-6-8-17/h5-11,14-15,22,24-25,30H,12-13,16-17H2,1-4H3,(H,31,33);4-10,13-14,21,23-24,29,32H,11-12,15-16H2,1-3H3,(H,30,33)/t22-,24+,25-;21-,23+,24-/m11/s1. The Labute approximate surface area is 440 Å². The summed E-state index contributed by atoms with van der Waals surface area (Å²) in [6.45, 7) is 11.2. The number of amides is 4. The predicted molar refractivity (Wildman–Crippen MR) is 280 cm³/mol. The van der Waals surface area contributed by atoms with Crippen LogP contribution in [0.2, 0.25) is 0 Å². The summed E-state index contributed by atoms with van der Waals surface area (Å²) < 4.78 is 79.5. The number of aliphatic hydroxyl groups excluding tert-OH is 1. The molecule has 2 aliphatic rings. The third kappa shape index (κ3) is 15.2. The molecule has 4 amide bonds. The molecule has 408 valence electrons. The van der Waals surface area contributed by atoms with Gasteiger partial charge in [-0.1, -0.05) is 60.7 Å². The second-order valence-electron chi connectivity index (χ2n) is 20.8. The molecule has 18 nitrogen and oxygen atoms in total. The van der Waals surface area contributed by atoms with Crippen molar-refractivity contribution >= 4 is 56.3 Å². The maximum atomic E-state index is 14.0. The second-order valence-corrected chi connectivity index (χ2v) is 22.4. The van der Waals surface area contributed by atoms with Crippen molar-refractivity contribution in [2.45, 2.75) is 115 Å². The van der Waals surface area contributed by atoms with Crippen LogP contribution in [0.1, 0.15) is 88.5 Å². The number of aromatic nitrogens is 2. The smallest absolute Gasteiger partial charge is 0.410 e. The summed E-state index contributed by atoms with van der Waals surface area (Å²) in [5.41, 5.74) is 2.63. The molecule has 4 heterocycles. The summed E-state index contributed by atoms with van der Waals surface area (Å²) in [5, 5.41) is 17.9. The van der Waals surface area contributed by atoms with Crippen molar-refractivity contribution < 1.29 is 64.6 Å². The average Bonchev–Trinajstić information content (AvgIpc) is 4.18. The first kappa shape index (κ1) is 56.5. The average molecular weight is 1070 g/mol. The molecule has 2 aliphatic heterocycles. The lowest BCUT2D eigenvalue weighted by atomic mass is 9.88. The van der Waals surface area contributed by atoms with E-state index in [0.717, 1.165) is 28.3 Å². The van der Waals surface area contributed by atoms with Gasteiger partial charge in [-0.2, -0.15) is 8.42 Å². The summed E-state index contributed by atoms with van der Waals surface area (Å²) in [7, 11) is -3.89. The van der Waals surface area contributed by atoms with Gasteiger partial charge >= 0.3 is 24.4 Å². The lowest BCUT2D eigenvalue weighted by Crippen LogP contribution is -2.49. The van der Waals surface area contributed by atoms with Gasteiger partial charge in [0.05, 0.1) is 30.5 Å². The molecule has 76 heavy (non-hydrogen) atoms. The number of hydrogen-bond donors (Lipinski definition) is 5. The summed E-state index contributed by atoms with van der Waals surface area (Å²) in [6, 6.07) is 25.6. The number of H-pyrrole nitrogens is 2. The number of benzene rings is 4. The van der Waals surface area contributed by atoms with Crippen LogP contribution in [0, 0.1) is 11.6 Å². The molecule has 8 rings (SSSR count). The minimum atomic E-state index is -3.89. The van der Waals surface area contributed by atoms with Gasteiger partial charge in [-0.3, -0.25) is 4.18 Å². The monoisotopic (exact) mass is 1070 g/mol. The van der Waals surface area contributed by atoms with Crippen LogP contribution in [0.3, 0.4) is 0 Å². The van der Waals surface area contributed by atoms with Crippen molar-refractivity contribution in [2.24, 2.45) is 0 Å². The quantitative estimate of drug-likeness (QED) is 0.0508. The van der Waals surface area contributed by atoms with Crippen molar-refractivity contribution in [2.75, 3.05) is 32.4 Å². The lowest BCUT2D eigenvalue weighted by Gasteiger charge is -2.35. The van der Waals surface area contributed by atoms with E-state index < -0.39 is 87.6 Å². The molecular formula is C55H66F2N6O12S. The number of aliphatic hydroxyl groups is 1. The molecular weight excluding hydrogens is 1010 g/mol. The van der Waals surface area contributed by atoms with Crippen molar-refractivity contribution in [3.63, 3.8) is 0 Å². The molecule has 6 aromatic rings. The maximum absolute atomic E-state index is 14.0. The van der Waals surface area contributed by atoms with Crippen LogP contribution in [0.15, 0.2) is 109 Å². The van der Waals surface area contributed by atoms with Crippen molar-refractivity contribution in [1.82, 2.24) is 30.4 Å². The van der Waals surface area contributed by atoms with E-state index in [9.17, 15) is 41.5 Å². The van der Waals surface area contributed by atoms with Crippen LogP contribution in [0.25, 0.3) is 21.8 Å². The minimum absolute atomic E-state index is 0.0362. The normalized spacial score (nSPS) is 18.6. The molecule has 0 saturated carbocycles. The fourth-order valence-electron chi connectivity index (χ4n) is 9.56. The van der Waals surface area contributed by atoms with Crippen LogP contribution in [0.4, 0.5) is 28.0 Å². The van der Waals surface area contributed by atoms with Gasteiger partial charge < -0.3 is 54.5 Å². The summed E-state index contributed by atoms with van der Waals surface area (Å²) in [6.07, 6.45) is 0.690. The van der Waals surface area contributed by atoms with E-state index >= 15 is 0 Å². The lowest BCUT2D eigenvalue weighted by molar-refractivity contribution is 0.0115. The molecule has 2 saturated heterocycles. The van der Waals surface area contributed by atoms with Crippen LogP contribution in [0.5, 0.6) is 0 Å². The van der Waals surface area contributed by atoms with E-state index in [2.05, 4.69) is 20.6 Å². The molecule has 0 spiro atoms. The summed E-state index contributed by atoms with van der Waals surface area (Å²) in [4.78, 5) is 60.6. The van der Waals surface area contributed by atoms with Gasteiger partial charge in [0.1, 0.15) is 36.1 Å². The number of carbonyl (C=O) groups excluding carboxylic acids is 4. The second kappa shape index (κ2) is 24.2. The number of carbonyl (C=O) groups is 4. The van der Waals surface area contributed by atoms with Gasteiger partial charge in [0, 0.05) is 72.2 Å². The van der Waals surface area contributed by atoms with Crippen LogP contribution in [-0.4, -0.2) is 126 Å². The van der Waals surface area contributed by atoms with Gasteiger partial charge in [0.25, 0.3) is 10.1 Å². The number of aromatic amines is 2. The highest BCUT2D eigenvalue weighted by molar-refractivity contribution is 7.86. The van der Waals surface area contributed by atoms with Crippen molar-refractivity contribution in [1.29, 1.82) is 0 Å². The molecule has 0 radical (unpaired) electrons. The van der Waals surface area contributed by atoms with Crippen LogP contribution >= 0.6 is 0 Å². The Morgan fingerprint density at radius 3 is 1.51 bits per heavy atom. The zero-order valence-corrected chi connectivity index (χ0v) is 44.3. The molecule has 21 heteroatoms.